The van der Waals surface area contributed by atoms with Gasteiger partial charge in [0.25, 0.3) is 5.91 Å². The number of carbonyl (C=O) groups is 2. The third kappa shape index (κ3) is 5.05. The van der Waals surface area contributed by atoms with Gasteiger partial charge in [-0.3, -0.25) is 4.79 Å². The number of carboxylic acids is 1. The molecule has 3 aromatic carbocycles. The number of aliphatic carboxylic acids is 1. The number of thiocarbonyl (C=S) groups is 1. The molecular weight excluding hydrogens is 470 g/mol. The van der Waals surface area contributed by atoms with Crippen LogP contribution < -0.4 is 10.6 Å². The number of nitrogens with zero attached hydrogens (tertiary/aromatic N) is 1. The largest absolute Gasteiger partial charge is 0.480 e. The smallest absolute Gasteiger partial charge is 0.326 e. The first-order chi connectivity index (χ1) is 16.2. The molecule has 1 heterocycles. The van der Waals surface area contributed by atoms with E-state index in [0.29, 0.717) is 22.2 Å². The SMILES string of the molecule is CC(C)C(C(=O)O)N1Cc2cc(-c3ccc(NC(=S)Nc4cccc(Cl)c4)cc3)ccc2C1=O. The molecule has 1 atom stereocenters. The summed E-state index contributed by atoms with van der Waals surface area (Å²) in [5.41, 5.74) is 4.95. The fourth-order valence-corrected chi connectivity index (χ4v) is 4.56. The van der Waals surface area contributed by atoms with E-state index >= 15 is 0 Å². The molecule has 3 N–H and O–H groups in total. The van der Waals surface area contributed by atoms with Gasteiger partial charge in [-0.05, 0) is 77.3 Å². The van der Waals surface area contributed by atoms with Crippen LogP contribution in [0.2, 0.25) is 5.02 Å². The fourth-order valence-electron chi connectivity index (χ4n) is 4.13. The van der Waals surface area contributed by atoms with Gasteiger partial charge < -0.3 is 20.6 Å². The highest BCUT2D eigenvalue weighted by molar-refractivity contribution is 7.80. The number of anilines is 2. The van der Waals surface area contributed by atoms with Gasteiger partial charge in [0.2, 0.25) is 0 Å². The molecule has 174 valence electrons. The van der Waals surface area contributed by atoms with Crippen LogP contribution in [0, 0.1) is 5.92 Å². The van der Waals surface area contributed by atoms with Crippen LogP contribution >= 0.6 is 23.8 Å². The van der Waals surface area contributed by atoms with E-state index < -0.39 is 12.0 Å². The van der Waals surface area contributed by atoms with Crippen molar-refractivity contribution >= 4 is 52.2 Å². The number of carboxylic acid groups (broad SMARTS) is 1. The first-order valence-corrected chi connectivity index (χ1v) is 11.6. The van der Waals surface area contributed by atoms with Crippen LogP contribution in [0.1, 0.15) is 29.8 Å². The molecule has 0 bridgehead atoms. The third-order valence-corrected chi connectivity index (χ3v) is 6.16. The van der Waals surface area contributed by atoms with Crippen molar-refractivity contribution in [3.8, 4) is 11.1 Å². The van der Waals surface area contributed by atoms with E-state index in [0.717, 1.165) is 28.1 Å². The summed E-state index contributed by atoms with van der Waals surface area (Å²) in [7, 11) is 0. The molecule has 0 spiro atoms. The maximum Gasteiger partial charge on any atom is 0.326 e. The van der Waals surface area contributed by atoms with E-state index in [9.17, 15) is 14.7 Å². The fraction of sp³-hybridized carbons (Fsp3) is 0.192. The molecule has 0 aromatic heterocycles. The predicted octanol–water partition coefficient (Wildman–Crippen LogP) is 5.88. The number of carbonyl (C=O) groups excluding carboxylic acids is 1. The highest BCUT2D eigenvalue weighted by Gasteiger charge is 2.38. The van der Waals surface area contributed by atoms with Crippen molar-refractivity contribution in [1.29, 1.82) is 0 Å². The van der Waals surface area contributed by atoms with E-state index in [-0.39, 0.29) is 11.8 Å². The van der Waals surface area contributed by atoms with Gasteiger partial charge in [-0.1, -0.05) is 49.7 Å². The van der Waals surface area contributed by atoms with Crippen LogP contribution in [-0.2, 0) is 11.3 Å². The van der Waals surface area contributed by atoms with Gasteiger partial charge in [0.1, 0.15) is 6.04 Å². The van der Waals surface area contributed by atoms with Crippen LogP contribution in [0.25, 0.3) is 11.1 Å². The second-order valence-electron chi connectivity index (χ2n) is 8.50. The van der Waals surface area contributed by atoms with Crippen LogP contribution in [0.15, 0.2) is 66.7 Å². The Bertz CT molecular complexity index is 1260. The van der Waals surface area contributed by atoms with Crippen LogP contribution in [0.3, 0.4) is 0 Å². The van der Waals surface area contributed by atoms with Crippen molar-refractivity contribution < 1.29 is 14.7 Å². The zero-order valence-corrected chi connectivity index (χ0v) is 20.3. The highest BCUT2D eigenvalue weighted by atomic mass is 35.5. The number of benzene rings is 3. The first-order valence-electron chi connectivity index (χ1n) is 10.8. The molecule has 4 rings (SSSR count). The van der Waals surface area contributed by atoms with Crippen molar-refractivity contribution in [1.82, 2.24) is 4.90 Å². The van der Waals surface area contributed by atoms with Gasteiger partial charge in [0.05, 0.1) is 0 Å². The second kappa shape index (κ2) is 9.83. The average molecular weight is 494 g/mol. The maximum atomic E-state index is 12.8. The Morgan fingerprint density at radius 2 is 1.68 bits per heavy atom. The number of hydrogen-bond donors (Lipinski definition) is 3. The Morgan fingerprint density at radius 3 is 2.32 bits per heavy atom. The van der Waals surface area contributed by atoms with Crippen molar-refractivity contribution in [2.75, 3.05) is 10.6 Å². The summed E-state index contributed by atoms with van der Waals surface area (Å²) in [5.74, 6) is -1.40. The molecule has 0 fully saturated rings. The highest BCUT2D eigenvalue weighted by Crippen LogP contribution is 2.31. The molecule has 34 heavy (non-hydrogen) atoms. The number of hydrogen-bond acceptors (Lipinski definition) is 3. The normalized spacial score (nSPS) is 13.5. The molecule has 1 unspecified atom stereocenters. The summed E-state index contributed by atoms with van der Waals surface area (Å²) < 4.78 is 0. The molecule has 1 aliphatic rings. The van der Waals surface area contributed by atoms with E-state index in [1.165, 1.54) is 4.90 Å². The summed E-state index contributed by atoms with van der Waals surface area (Å²) in [5, 5.41) is 16.9. The summed E-state index contributed by atoms with van der Waals surface area (Å²) >= 11 is 11.4. The molecule has 0 aliphatic carbocycles. The first kappa shape index (κ1) is 23.7. The van der Waals surface area contributed by atoms with Gasteiger partial charge in [-0.25, -0.2) is 4.79 Å². The van der Waals surface area contributed by atoms with E-state index in [2.05, 4.69) is 10.6 Å². The minimum Gasteiger partial charge on any atom is -0.480 e. The second-order valence-corrected chi connectivity index (χ2v) is 9.34. The Balaban J connectivity index is 1.46. The molecule has 6 nitrogen and oxygen atoms in total. The van der Waals surface area contributed by atoms with Crippen LogP contribution in [-0.4, -0.2) is 33.0 Å². The number of nitrogens with one attached hydrogen (secondary N) is 2. The molecule has 0 saturated carbocycles. The molecular formula is C26H24ClN3O3S. The zero-order chi connectivity index (χ0) is 24.4. The lowest BCUT2D eigenvalue weighted by molar-refractivity contribution is -0.144. The van der Waals surface area contributed by atoms with E-state index in [1.54, 1.807) is 18.2 Å². The summed E-state index contributed by atoms with van der Waals surface area (Å²) in [6, 6.07) is 19.9. The Labute approximate surface area is 208 Å². The van der Waals surface area contributed by atoms with E-state index in [1.807, 2.05) is 62.4 Å². The standard InChI is InChI=1S/C26H24ClN3O3S/c1-15(2)23(25(32)33)30-14-18-12-17(8-11-22(18)24(30)31)16-6-9-20(10-7-16)28-26(34)29-21-5-3-4-19(27)13-21/h3-13,15,23H,14H2,1-2H3,(H,32,33)(H2,28,29,34). The topological polar surface area (TPSA) is 81.7 Å². The zero-order valence-electron chi connectivity index (χ0n) is 18.7. The average Bonchev–Trinajstić information content (AvgIpc) is 3.09. The van der Waals surface area contributed by atoms with Crippen molar-refractivity contribution in [3.63, 3.8) is 0 Å². The Kier molecular flexibility index (Phi) is 6.86. The quantitative estimate of drug-likeness (QED) is 0.372. The summed E-state index contributed by atoms with van der Waals surface area (Å²) in [4.78, 5) is 26.0. The molecule has 3 aromatic rings. The van der Waals surface area contributed by atoms with Gasteiger partial charge in [-0.2, -0.15) is 0 Å². The van der Waals surface area contributed by atoms with Gasteiger partial charge >= 0.3 is 5.97 Å². The molecule has 0 radical (unpaired) electrons. The minimum atomic E-state index is -0.984. The molecule has 0 saturated heterocycles. The number of halogens is 1. The van der Waals surface area contributed by atoms with Crippen LogP contribution in [0.5, 0.6) is 0 Å². The molecule has 1 amide bonds. The lowest BCUT2D eigenvalue weighted by atomic mass is 10.0. The Hall–Kier alpha value is -3.42. The summed E-state index contributed by atoms with van der Waals surface area (Å²) in [6.45, 7) is 3.92. The summed E-state index contributed by atoms with van der Waals surface area (Å²) in [6.07, 6.45) is 0. The van der Waals surface area contributed by atoms with E-state index in [4.69, 9.17) is 23.8 Å². The predicted molar refractivity (Wildman–Crippen MR) is 139 cm³/mol. The molecule has 1 aliphatic heterocycles. The Morgan fingerprint density at radius 1 is 1.00 bits per heavy atom. The maximum absolute atomic E-state index is 12.8. The number of rotatable bonds is 6. The van der Waals surface area contributed by atoms with Crippen LogP contribution in [0.4, 0.5) is 11.4 Å². The van der Waals surface area contributed by atoms with Crippen molar-refractivity contribution in [3.05, 3.63) is 82.9 Å². The van der Waals surface area contributed by atoms with Gasteiger partial charge in [0.15, 0.2) is 5.11 Å². The number of fused-ring (bicyclic) bond motifs is 1. The lowest BCUT2D eigenvalue weighted by Gasteiger charge is -2.27. The van der Waals surface area contributed by atoms with Crippen molar-refractivity contribution in [2.45, 2.75) is 26.4 Å². The van der Waals surface area contributed by atoms with Crippen molar-refractivity contribution in [2.24, 2.45) is 5.92 Å². The monoisotopic (exact) mass is 493 g/mol. The number of amides is 1. The van der Waals surface area contributed by atoms with Gasteiger partial charge in [-0.15, -0.1) is 0 Å². The lowest BCUT2D eigenvalue weighted by Crippen LogP contribution is -2.44. The third-order valence-electron chi connectivity index (χ3n) is 5.72. The van der Waals surface area contributed by atoms with Gasteiger partial charge in [0, 0.05) is 28.5 Å². The minimum absolute atomic E-state index is 0.185. The molecule has 8 heteroatoms.